The molecule has 0 saturated heterocycles. The molecule has 0 unspecified atom stereocenters. The van der Waals surface area contributed by atoms with Crippen LogP contribution in [0.1, 0.15) is 38.3 Å². The van der Waals surface area contributed by atoms with E-state index in [2.05, 4.69) is 5.32 Å². The van der Waals surface area contributed by atoms with Crippen molar-refractivity contribution in [1.82, 2.24) is 10.2 Å². The van der Waals surface area contributed by atoms with Crippen molar-refractivity contribution in [2.45, 2.75) is 52.2 Å². The fourth-order valence-electron chi connectivity index (χ4n) is 2.81. The Morgan fingerprint density at radius 3 is 2.28 bits per heavy atom. The quantitative estimate of drug-likeness (QED) is 0.629. The van der Waals surface area contributed by atoms with Crippen molar-refractivity contribution in [3.8, 4) is 0 Å². The SMILES string of the molecule is CC[C@H](C)NC(=O)[C@H](C)N(Cc1c(Cl)cccc1Cl)C(=O)Cc1ccccc1F. The molecular formula is C22H25Cl2FN2O2. The predicted octanol–water partition coefficient (Wildman–Crippen LogP) is 5.01. The maximum Gasteiger partial charge on any atom is 0.242 e. The largest absolute Gasteiger partial charge is 0.352 e. The fourth-order valence-corrected chi connectivity index (χ4v) is 3.33. The van der Waals surface area contributed by atoms with E-state index in [9.17, 15) is 14.0 Å². The second-order valence-electron chi connectivity index (χ2n) is 6.98. The van der Waals surface area contributed by atoms with Gasteiger partial charge in [-0.3, -0.25) is 9.59 Å². The first-order valence-electron chi connectivity index (χ1n) is 9.50. The lowest BCUT2D eigenvalue weighted by atomic mass is 10.1. The molecule has 0 aliphatic rings. The maximum absolute atomic E-state index is 14.1. The topological polar surface area (TPSA) is 49.4 Å². The van der Waals surface area contributed by atoms with Gasteiger partial charge in [-0.05, 0) is 44.0 Å². The lowest BCUT2D eigenvalue weighted by molar-refractivity contribution is -0.140. The van der Waals surface area contributed by atoms with Crippen LogP contribution in [0.3, 0.4) is 0 Å². The number of nitrogens with one attached hydrogen (secondary N) is 1. The molecule has 0 aliphatic carbocycles. The summed E-state index contributed by atoms with van der Waals surface area (Å²) in [5, 5.41) is 3.68. The van der Waals surface area contributed by atoms with E-state index in [-0.39, 0.29) is 30.5 Å². The van der Waals surface area contributed by atoms with Crippen molar-refractivity contribution in [2.24, 2.45) is 0 Å². The summed E-state index contributed by atoms with van der Waals surface area (Å²) < 4.78 is 14.1. The number of rotatable bonds is 8. The summed E-state index contributed by atoms with van der Waals surface area (Å²) in [4.78, 5) is 27.2. The van der Waals surface area contributed by atoms with Crippen LogP contribution in [0.2, 0.25) is 10.0 Å². The molecule has 0 aliphatic heterocycles. The van der Waals surface area contributed by atoms with Crippen molar-refractivity contribution in [2.75, 3.05) is 0 Å². The van der Waals surface area contributed by atoms with Crippen LogP contribution in [-0.2, 0) is 22.6 Å². The van der Waals surface area contributed by atoms with E-state index in [1.54, 1.807) is 43.3 Å². The standard InChI is InChI=1S/C22H25Cl2FN2O2/c1-4-14(2)26-22(29)15(3)27(13-17-18(23)9-7-10-19(17)24)21(28)12-16-8-5-6-11-20(16)25/h5-11,14-15H,4,12-13H2,1-3H3,(H,26,29)/t14-,15-/m0/s1. The van der Waals surface area contributed by atoms with Gasteiger partial charge in [-0.15, -0.1) is 0 Å². The second-order valence-corrected chi connectivity index (χ2v) is 7.80. The van der Waals surface area contributed by atoms with Gasteiger partial charge in [-0.2, -0.15) is 0 Å². The number of hydrogen-bond acceptors (Lipinski definition) is 2. The summed E-state index contributed by atoms with van der Waals surface area (Å²) in [6, 6.07) is 10.3. The van der Waals surface area contributed by atoms with Crippen LogP contribution in [0.15, 0.2) is 42.5 Å². The lowest BCUT2D eigenvalue weighted by Gasteiger charge is -2.30. The number of carbonyl (C=O) groups is 2. The Balaban J connectivity index is 2.32. The van der Waals surface area contributed by atoms with E-state index >= 15 is 0 Å². The molecule has 0 heterocycles. The molecule has 0 fully saturated rings. The van der Waals surface area contributed by atoms with E-state index < -0.39 is 17.8 Å². The third kappa shape index (κ3) is 6.18. The van der Waals surface area contributed by atoms with Gasteiger partial charge >= 0.3 is 0 Å². The summed E-state index contributed by atoms with van der Waals surface area (Å²) in [5.41, 5.74) is 0.809. The molecule has 0 radical (unpaired) electrons. The minimum atomic E-state index is -0.782. The van der Waals surface area contributed by atoms with Crippen LogP contribution < -0.4 is 5.32 Å². The summed E-state index contributed by atoms with van der Waals surface area (Å²) in [6.45, 7) is 5.53. The van der Waals surface area contributed by atoms with Crippen LogP contribution >= 0.6 is 23.2 Å². The molecule has 1 N–H and O–H groups in total. The van der Waals surface area contributed by atoms with Gasteiger partial charge in [0.25, 0.3) is 0 Å². The molecule has 29 heavy (non-hydrogen) atoms. The van der Waals surface area contributed by atoms with Gasteiger partial charge in [0.05, 0.1) is 6.42 Å². The first-order valence-corrected chi connectivity index (χ1v) is 10.3. The van der Waals surface area contributed by atoms with E-state index in [1.165, 1.54) is 11.0 Å². The average molecular weight is 439 g/mol. The van der Waals surface area contributed by atoms with Crippen molar-refractivity contribution in [3.63, 3.8) is 0 Å². The second kappa shape index (κ2) is 10.6. The monoisotopic (exact) mass is 438 g/mol. The Labute approximate surface area is 181 Å². The molecule has 7 heteroatoms. The van der Waals surface area contributed by atoms with Gasteiger partial charge in [0.2, 0.25) is 11.8 Å². The number of amides is 2. The molecule has 4 nitrogen and oxygen atoms in total. The molecule has 2 aromatic rings. The molecule has 0 saturated carbocycles. The van der Waals surface area contributed by atoms with E-state index in [0.29, 0.717) is 15.6 Å². The van der Waals surface area contributed by atoms with Crippen molar-refractivity contribution >= 4 is 35.0 Å². The number of carbonyl (C=O) groups excluding carboxylic acids is 2. The summed E-state index contributed by atoms with van der Waals surface area (Å²) in [7, 11) is 0. The molecule has 0 spiro atoms. The number of nitrogens with zero attached hydrogens (tertiary/aromatic N) is 1. The number of hydrogen-bond donors (Lipinski definition) is 1. The van der Waals surface area contributed by atoms with Gasteiger partial charge in [-0.25, -0.2) is 4.39 Å². The smallest absolute Gasteiger partial charge is 0.242 e. The van der Waals surface area contributed by atoms with E-state index in [0.717, 1.165) is 6.42 Å². The molecule has 156 valence electrons. The Morgan fingerprint density at radius 1 is 1.07 bits per heavy atom. The zero-order valence-corrected chi connectivity index (χ0v) is 18.2. The van der Waals surface area contributed by atoms with Gasteiger partial charge in [0, 0.05) is 28.2 Å². The normalized spacial score (nSPS) is 12.9. The van der Waals surface area contributed by atoms with Gasteiger partial charge < -0.3 is 10.2 Å². The minimum Gasteiger partial charge on any atom is -0.352 e. The summed E-state index contributed by atoms with van der Waals surface area (Å²) in [6.07, 6.45) is 0.591. The number of benzene rings is 2. The molecule has 2 amide bonds. The van der Waals surface area contributed by atoms with Crippen molar-refractivity contribution < 1.29 is 14.0 Å². The highest BCUT2D eigenvalue weighted by atomic mass is 35.5. The molecule has 2 atom stereocenters. The van der Waals surface area contributed by atoms with Crippen molar-refractivity contribution in [3.05, 3.63) is 69.5 Å². The van der Waals surface area contributed by atoms with Crippen LogP contribution in [0.25, 0.3) is 0 Å². The highest BCUT2D eigenvalue weighted by Crippen LogP contribution is 2.27. The van der Waals surface area contributed by atoms with Crippen LogP contribution in [-0.4, -0.2) is 28.8 Å². The van der Waals surface area contributed by atoms with E-state index in [1.807, 2.05) is 13.8 Å². The van der Waals surface area contributed by atoms with Gasteiger partial charge in [0.15, 0.2) is 0 Å². The first kappa shape index (κ1) is 23.2. The van der Waals surface area contributed by atoms with Gasteiger partial charge in [0.1, 0.15) is 11.9 Å². The molecule has 2 rings (SSSR count). The average Bonchev–Trinajstić information content (AvgIpc) is 2.68. The lowest BCUT2D eigenvalue weighted by Crippen LogP contribution is -2.50. The molecule has 2 aromatic carbocycles. The Kier molecular flexibility index (Phi) is 8.47. The molecular weight excluding hydrogens is 414 g/mol. The Hall–Kier alpha value is -2.11. The highest BCUT2D eigenvalue weighted by molar-refractivity contribution is 6.36. The Bertz CT molecular complexity index is 855. The zero-order chi connectivity index (χ0) is 21.6. The van der Waals surface area contributed by atoms with Gasteiger partial charge in [-0.1, -0.05) is 54.4 Å². The minimum absolute atomic E-state index is 0.0302. The molecule has 0 bridgehead atoms. The molecule has 0 aromatic heterocycles. The fraction of sp³-hybridized carbons (Fsp3) is 0.364. The van der Waals surface area contributed by atoms with Crippen LogP contribution in [0, 0.1) is 5.82 Å². The van der Waals surface area contributed by atoms with Crippen LogP contribution in [0.5, 0.6) is 0 Å². The highest BCUT2D eigenvalue weighted by Gasteiger charge is 2.28. The third-order valence-electron chi connectivity index (χ3n) is 4.86. The zero-order valence-electron chi connectivity index (χ0n) is 16.7. The van der Waals surface area contributed by atoms with E-state index in [4.69, 9.17) is 23.2 Å². The summed E-state index contributed by atoms with van der Waals surface area (Å²) in [5.74, 6) is -1.14. The van der Waals surface area contributed by atoms with Crippen LogP contribution in [0.4, 0.5) is 4.39 Å². The predicted molar refractivity (Wildman–Crippen MR) is 114 cm³/mol. The maximum atomic E-state index is 14.1. The first-order chi connectivity index (χ1) is 13.7. The summed E-state index contributed by atoms with van der Waals surface area (Å²) >= 11 is 12.5. The Morgan fingerprint density at radius 2 is 1.69 bits per heavy atom. The van der Waals surface area contributed by atoms with Crippen molar-refractivity contribution in [1.29, 1.82) is 0 Å². The third-order valence-corrected chi connectivity index (χ3v) is 5.57. The number of halogens is 3.